The maximum absolute atomic E-state index is 6.06. The van der Waals surface area contributed by atoms with Crippen LogP contribution in [0.25, 0.3) is 0 Å². The summed E-state index contributed by atoms with van der Waals surface area (Å²) in [5.74, 6) is 0.958. The monoisotopic (exact) mass is 221 g/mol. The Bertz CT molecular complexity index is 350. The zero-order chi connectivity index (χ0) is 12.3. The predicted molar refractivity (Wildman–Crippen MR) is 68.9 cm³/mol. The fourth-order valence-electron chi connectivity index (χ4n) is 1.71. The molecule has 0 aliphatic heterocycles. The van der Waals surface area contributed by atoms with Crippen LogP contribution in [0.5, 0.6) is 5.75 Å². The van der Waals surface area contributed by atoms with Crippen LogP contribution < -0.4 is 10.5 Å². The van der Waals surface area contributed by atoms with Crippen molar-refractivity contribution in [3.05, 3.63) is 29.3 Å². The summed E-state index contributed by atoms with van der Waals surface area (Å²) in [6.45, 7) is 10.2. The maximum Gasteiger partial charge on any atom is 0.122 e. The Hall–Kier alpha value is -1.02. The molecular formula is C14H23NO. The molecule has 1 aromatic carbocycles. The van der Waals surface area contributed by atoms with E-state index in [2.05, 4.69) is 19.1 Å². The maximum atomic E-state index is 6.06. The lowest BCUT2D eigenvalue weighted by Crippen LogP contribution is -2.34. The second-order valence-electron chi connectivity index (χ2n) is 5.44. The molecule has 0 aliphatic carbocycles. The molecule has 0 radical (unpaired) electrons. The summed E-state index contributed by atoms with van der Waals surface area (Å²) < 4.78 is 5.79. The third-order valence-electron chi connectivity index (χ3n) is 2.22. The number of rotatable bonds is 4. The normalized spacial score (nSPS) is 11.9. The first-order chi connectivity index (χ1) is 7.28. The molecule has 0 fully saturated rings. The summed E-state index contributed by atoms with van der Waals surface area (Å²) in [5, 5.41) is 0. The minimum Gasteiger partial charge on any atom is -0.491 e. The topological polar surface area (TPSA) is 35.2 Å². The van der Waals surface area contributed by atoms with E-state index in [1.165, 1.54) is 11.1 Å². The van der Waals surface area contributed by atoms with Crippen molar-refractivity contribution in [2.75, 3.05) is 0 Å². The average Bonchev–Trinajstić information content (AvgIpc) is 2.06. The van der Waals surface area contributed by atoms with Crippen LogP contribution in [0.3, 0.4) is 0 Å². The molecule has 0 atom stereocenters. The Morgan fingerprint density at radius 3 is 2.44 bits per heavy atom. The third-order valence-corrected chi connectivity index (χ3v) is 2.22. The van der Waals surface area contributed by atoms with Crippen LogP contribution in [-0.2, 0) is 6.42 Å². The van der Waals surface area contributed by atoms with Crippen LogP contribution in [0.15, 0.2) is 18.2 Å². The van der Waals surface area contributed by atoms with Crippen molar-refractivity contribution in [1.29, 1.82) is 0 Å². The molecule has 2 N–H and O–H groups in total. The van der Waals surface area contributed by atoms with Crippen molar-refractivity contribution in [2.24, 2.45) is 5.73 Å². The molecule has 1 aromatic rings. The van der Waals surface area contributed by atoms with Crippen molar-refractivity contribution >= 4 is 0 Å². The van der Waals surface area contributed by atoms with Gasteiger partial charge in [-0.15, -0.1) is 0 Å². The van der Waals surface area contributed by atoms with E-state index in [0.29, 0.717) is 0 Å². The van der Waals surface area contributed by atoms with Gasteiger partial charge in [-0.3, -0.25) is 0 Å². The molecule has 2 heteroatoms. The van der Waals surface area contributed by atoms with Gasteiger partial charge < -0.3 is 10.5 Å². The molecule has 0 unspecified atom stereocenters. The zero-order valence-electron chi connectivity index (χ0n) is 11.0. The Morgan fingerprint density at radius 1 is 1.31 bits per heavy atom. The average molecular weight is 221 g/mol. The first-order valence-corrected chi connectivity index (χ1v) is 5.83. The Labute approximate surface area is 98.8 Å². The second kappa shape index (κ2) is 4.88. The summed E-state index contributed by atoms with van der Waals surface area (Å²) in [4.78, 5) is 0. The lowest BCUT2D eigenvalue weighted by molar-refractivity contribution is 0.238. The van der Waals surface area contributed by atoms with Crippen LogP contribution in [0.2, 0.25) is 0 Å². The summed E-state index contributed by atoms with van der Waals surface area (Å²) in [5.41, 5.74) is 8.30. The molecule has 0 spiro atoms. The van der Waals surface area contributed by atoms with Gasteiger partial charge in [-0.25, -0.2) is 0 Å². The first-order valence-electron chi connectivity index (χ1n) is 5.83. The predicted octanol–water partition coefficient (Wildman–Crippen LogP) is 3.06. The van der Waals surface area contributed by atoms with Gasteiger partial charge in [0.05, 0.1) is 6.10 Å². The van der Waals surface area contributed by atoms with Crippen molar-refractivity contribution in [3.8, 4) is 5.75 Å². The third kappa shape index (κ3) is 4.23. The molecular weight excluding hydrogens is 198 g/mol. The molecule has 2 nitrogen and oxygen atoms in total. The van der Waals surface area contributed by atoms with Gasteiger partial charge in [-0.05, 0) is 52.7 Å². The number of hydrogen-bond acceptors (Lipinski definition) is 2. The Kier molecular flexibility index (Phi) is 3.98. The molecule has 0 amide bonds. The van der Waals surface area contributed by atoms with Crippen molar-refractivity contribution < 1.29 is 4.74 Å². The fourth-order valence-corrected chi connectivity index (χ4v) is 1.71. The molecule has 0 aliphatic rings. The van der Waals surface area contributed by atoms with Gasteiger partial charge in [-0.1, -0.05) is 17.7 Å². The van der Waals surface area contributed by atoms with Gasteiger partial charge in [0.15, 0.2) is 0 Å². The van der Waals surface area contributed by atoms with E-state index in [-0.39, 0.29) is 11.6 Å². The van der Waals surface area contributed by atoms with Gasteiger partial charge in [0.1, 0.15) is 5.75 Å². The highest BCUT2D eigenvalue weighted by molar-refractivity contribution is 5.38. The molecule has 90 valence electrons. The standard InChI is InChI=1S/C14H23NO/c1-10(2)16-13-7-6-11(3)8-12(13)9-14(4,5)15/h6-8,10H,9,15H2,1-5H3. The number of nitrogens with two attached hydrogens (primary N) is 1. The van der Waals surface area contributed by atoms with E-state index in [9.17, 15) is 0 Å². The van der Waals surface area contributed by atoms with E-state index in [4.69, 9.17) is 10.5 Å². The summed E-state index contributed by atoms with van der Waals surface area (Å²) in [7, 11) is 0. The number of aryl methyl sites for hydroxylation is 1. The molecule has 0 heterocycles. The van der Waals surface area contributed by atoms with Crippen LogP contribution in [0, 0.1) is 6.92 Å². The van der Waals surface area contributed by atoms with E-state index in [0.717, 1.165) is 12.2 Å². The van der Waals surface area contributed by atoms with Gasteiger partial charge in [-0.2, -0.15) is 0 Å². The van der Waals surface area contributed by atoms with E-state index in [1.807, 2.05) is 33.8 Å². The Balaban J connectivity index is 2.98. The second-order valence-corrected chi connectivity index (χ2v) is 5.44. The highest BCUT2D eigenvalue weighted by Crippen LogP contribution is 2.24. The fraction of sp³-hybridized carbons (Fsp3) is 0.571. The molecule has 0 saturated heterocycles. The zero-order valence-corrected chi connectivity index (χ0v) is 11.0. The molecule has 1 rings (SSSR count). The van der Waals surface area contributed by atoms with Crippen molar-refractivity contribution in [3.63, 3.8) is 0 Å². The largest absolute Gasteiger partial charge is 0.491 e. The molecule has 0 saturated carbocycles. The molecule has 16 heavy (non-hydrogen) atoms. The smallest absolute Gasteiger partial charge is 0.122 e. The van der Waals surface area contributed by atoms with Gasteiger partial charge >= 0.3 is 0 Å². The van der Waals surface area contributed by atoms with Crippen LogP contribution >= 0.6 is 0 Å². The minimum atomic E-state index is -0.205. The van der Waals surface area contributed by atoms with Gasteiger partial charge in [0.2, 0.25) is 0 Å². The molecule has 0 aromatic heterocycles. The quantitative estimate of drug-likeness (QED) is 0.848. The molecule has 0 bridgehead atoms. The minimum absolute atomic E-state index is 0.197. The number of benzene rings is 1. The summed E-state index contributed by atoms with van der Waals surface area (Å²) in [6, 6.07) is 6.27. The van der Waals surface area contributed by atoms with E-state index >= 15 is 0 Å². The highest BCUT2D eigenvalue weighted by Gasteiger charge is 2.15. The van der Waals surface area contributed by atoms with E-state index in [1.54, 1.807) is 0 Å². The number of ether oxygens (including phenoxy) is 1. The van der Waals surface area contributed by atoms with Gasteiger partial charge in [0, 0.05) is 5.54 Å². The van der Waals surface area contributed by atoms with Crippen molar-refractivity contribution in [2.45, 2.75) is 52.7 Å². The van der Waals surface area contributed by atoms with Crippen molar-refractivity contribution in [1.82, 2.24) is 0 Å². The van der Waals surface area contributed by atoms with Gasteiger partial charge in [0.25, 0.3) is 0 Å². The first kappa shape index (κ1) is 13.0. The van der Waals surface area contributed by atoms with Crippen LogP contribution in [0.1, 0.15) is 38.8 Å². The lowest BCUT2D eigenvalue weighted by atomic mass is 9.94. The lowest BCUT2D eigenvalue weighted by Gasteiger charge is -2.22. The Morgan fingerprint density at radius 2 is 1.94 bits per heavy atom. The highest BCUT2D eigenvalue weighted by atomic mass is 16.5. The number of hydrogen-bond donors (Lipinski definition) is 1. The van der Waals surface area contributed by atoms with E-state index < -0.39 is 0 Å². The van der Waals surface area contributed by atoms with Crippen LogP contribution in [-0.4, -0.2) is 11.6 Å². The SMILES string of the molecule is Cc1ccc(OC(C)C)c(CC(C)(C)N)c1. The summed E-state index contributed by atoms with van der Waals surface area (Å²) in [6.07, 6.45) is 1.03. The van der Waals surface area contributed by atoms with Crippen LogP contribution in [0.4, 0.5) is 0 Å². The summed E-state index contributed by atoms with van der Waals surface area (Å²) >= 11 is 0.